The minimum atomic E-state index is -0.523. The van der Waals surface area contributed by atoms with E-state index in [-0.39, 0.29) is 4.48 Å². The molecule has 0 spiro atoms. The minimum absolute atomic E-state index is 0.222. The first kappa shape index (κ1) is 14.1. The van der Waals surface area contributed by atoms with Gasteiger partial charge in [0.2, 0.25) is 0 Å². The Morgan fingerprint density at radius 3 is 1.42 bits per heavy atom. The van der Waals surface area contributed by atoms with E-state index in [1.54, 1.807) is 27.9 Å². The summed E-state index contributed by atoms with van der Waals surface area (Å²) in [5, 5.41) is 26.4. The van der Waals surface area contributed by atoms with Crippen molar-refractivity contribution in [3.63, 3.8) is 0 Å². The molecule has 0 aromatic carbocycles. The number of nitrogens with zero attached hydrogens (tertiary/aromatic N) is 1. The third kappa shape index (κ3) is 5.23. The molecule has 2 unspecified atom stereocenters. The zero-order valence-electron chi connectivity index (χ0n) is 7.89. The zero-order chi connectivity index (χ0) is 10.4. The van der Waals surface area contributed by atoms with E-state index in [0.717, 1.165) is 0 Å². The first-order valence-corrected chi connectivity index (χ1v) is 3.55. The second-order valence-electron chi connectivity index (χ2n) is 2.99. The van der Waals surface area contributed by atoms with Crippen LogP contribution in [-0.2, 0) is 4.70 Å². The van der Waals surface area contributed by atoms with Gasteiger partial charge in [-0.1, -0.05) is 0 Å². The van der Waals surface area contributed by atoms with Gasteiger partial charge >= 0.3 is 17.1 Å². The molecule has 0 aliphatic heterocycles. The molecule has 0 bridgehead atoms. The van der Waals surface area contributed by atoms with Gasteiger partial charge in [-0.15, -0.1) is 0 Å². The molecule has 0 radical (unpaired) electrons. The molecule has 0 aliphatic carbocycles. The molecule has 2 N–H and O–H groups in total. The van der Waals surface area contributed by atoms with E-state index >= 15 is 0 Å². The molecule has 6 heteroatoms. The van der Waals surface area contributed by atoms with Crippen molar-refractivity contribution in [2.75, 3.05) is 14.1 Å². The number of hydrogen-bond acceptors (Lipinski definition) is 4. The third-order valence-electron chi connectivity index (χ3n) is 1.93. The topological polar surface area (TPSA) is 80.6 Å². The molecule has 0 amide bonds. The molecule has 0 aliphatic rings. The van der Waals surface area contributed by atoms with Crippen molar-refractivity contribution < 1.29 is 24.4 Å². The van der Waals surface area contributed by atoms with Gasteiger partial charge in [-0.2, -0.15) is 0 Å². The number of aliphatic hydroxyl groups is 2. The molecule has 0 saturated carbocycles. The van der Waals surface area contributed by atoms with Crippen LogP contribution in [0.5, 0.6) is 0 Å². The second-order valence-corrected chi connectivity index (χ2v) is 2.99. The van der Waals surface area contributed by atoms with Gasteiger partial charge in [-0.25, -0.2) is 0 Å². The number of rotatable bonds is 2. The Bertz CT molecular complexity index is 117. The maximum atomic E-state index is 9.06. The van der Waals surface area contributed by atoms with Crippen LogP contribution in [0.25, 0.3) is 0 Å². The van der Waals surface area contributed by atoms with Gasteiger partial charge in [0.25, 0.3) is 0 Å². The fraction of sp³-hybridized carbons (Fsp3) is 1.00. The Morgan fingerprint density at radius 1 is 1.25 bits per heavy atom. The third-order valence-corrected chi connectivity index (χ3v) is 1.93. The van der Waals surface area contributed by atoms with Gasteiger partial charge in [-0.3, -0.25) is 4.48 Å². The normalized spacial score (nSPS) is 15.2. The summed E-state index contributed by atoms with van der Waals surface area (Å²) in [5.74, 6) is 0. The van der Waals surface area contributed by atoms with Crippen molar-refractivity contribution in [2.45, 2.75) is 26.3 Å². The molecule has 5 nitrogen and oxygen atoms in total. The van der Waals surface area contributed by atoms with Crippen molar-refractivity contribution in [3.8, 4) is 0 Å². The zero-order valence-corrected chi connectivity index (χ0v) is 7.89. The quantitative estimate of drug-likeness (QED) is 0.292. The Balaban J connectivity index is 0. The van der Waals surface area contributed by atoms with Crippen LogP contribution in [0.15, 0.2) is 0 Å². The fourth-order valence-corrected chi connectivity index (χ4v) is 0.312. The Kier molecular flexibility index (Phi) is 7.17. The van der Waals surface area contributed by atoms with Gasteiger partial charge in [0.15, 0.2) is 12.5 Å². The standard InChI is InChI=1S/C6H16NO2.BO2/c1-5(8)7(3,4)6(2)9;2-1-3/h5-6,8-9H,1-4H3;/q+1;-1. The molecular weight excluding hydrogens is 161 g/mol. The predicted molar refractivity (Wildman–Crippen MR) is 41.9 cm³/mol. The summed E-state index contributed by atoms with van der Waals surface area (Å²) in [7, 11) is 3.05. The molecule has 0 rings (SSSR count). The van der Waals surface area contributed by atoms with Crippen LogP contribution in [-0.4, -0.2) is 48.6 Å². The van der Waals surface area contributed by atoms with Crippen molar-refractivity contribution in [2.24, 2.45) is 0 Å². The summed E-state index contributed by atoms with van der Waals surface area (Å²) < 4.78 is 8.47. The summed E-state index contributed by atoms with van der Waals surface area (Å²) in [6.45, 7) is 3.32. The van der Waals surface area contributed by atoms with Gasteiger partial charge in [0.05, 0.1) is 14.1 Å². The summed E-state index contributed by atoms with van der Waals surface area (Å²) in [6.07, 6.45) is -1.05. The predicted octanol–water partition coefficient (Wildman–Crippen LogP) is -1.95. The van der Waals surface area contributed by atoms with Crippen LogP contribution in [0.3, 0.4) is 0 Å². The van der Waals surface area contributed by atoms with Crippen molar-refractivity contribution >= 4 is 7.35 Å². The van der Waals surface area contributed by atoms with Gasteiger partial charge in [0.1, 0.15) is 0 Å². The molecule has 2 atom stereocenters. The van der Waals surface area contributed by atoms with Crippen LogP contribution in [0.1, 0.15) is 13.8 Å². The Morgan fingerprint density at radius 2 is 1.42 bits per heavy atom. The van der Waals surface area contributed by atoms with Crippen LogP contribution in [0, 0.1) is 0 Å². The van der Waals surface area contributed by atoms with E-state index in [9.17, 15) is 0 Å². The molecule has 0 aromatic rings. The average molecular weight is 177 g/mol. The van der Waals surface area contributed by atoms with Crippen LogP contribution < -0.4 is 5.02 Å². The second kappa shape index (κ2) is 6.10. The summed E-state index contributed by atoms with van der Waals surface area (Å²) in [6, 6.07) is 0. The van der Waals surface area contributed by atoms with Gasteiger partial charge < -0.3 is 10.2 Å². The summed E-state index contributed by atoms with van der Waals surface area (Å²) in [4.78, 5) is 0. The first-order valence-electron chi connectivity index (χ1n) is 3.55. The van der Waals surface area contributed by atoms with E-state index in [0.29, 0.717) is 0 Å². The molecular formula is C6H16BNO4. The van der Waals surface area contributed by atoms with Gasteiger partial charge in [0, 0.05) is 13.8 Å². The molecule has 0 aromatic heterocycles. The van der Waals surface area contributed by atoms with E-state index in [2.05, 4.69) is 0 Å². The fourth-order valence-electron chi connectivity index (χ4n) is 0.312. The van der Waals surface area contributed by atoms with Crippen molar-refractivity contribution in [1.29, 1.82) is 0 Å². The number of quaternary nitrogens is 1. The van der Waals surface area contributed by atoms with Crippen molar-refractivity contribution in [3.05, 3.63) is 0 Å². The first-order chi connectivity index (χ1) is 5.30. The average Bonchev–Trinajstić information content (AvgIpc) is 1.88. The summed E-state index contributed by atoms with van der Waals surface area (Å²) >= 11 is 0. The van der Waals surface area contributed by atoms with Crippen LogP contribution >= 0.6 is 0 Å². The molecule has 0 heterocycles. The molecule has 72 valence electrons. The summed E-state index contributed by atoms with van der Waals surface area (Å²) in [5.41, 5.74) is 0. The van der Waals surface area contributed by atoms with Crippen LogP contribution in [0.2, 0.25) is 0 Å². The van der Waals surface area contributed by atoms with Crippen molar-refractivity contribution in [1.82, 2.24) is 0 Å². The Hall–Kier alpha value is -0.455. The number of aliphatic hydroxyl groups excluding tert-OH is 2. The molecule has 12 heavy (non-hydrogen) atoms. The monoisotopic (exact) mass is 177 g/mol. The molecule has 0 fully saturated rings. The molecule has 0 saturated heterocycles. The van der Waals surface area contributed by atoms with E-state index in [4.69, 9.17) is 19.9 Å². The van der Waals surface area contributed by atoms with E-state index in [1.807, 2.05) is 0 Å². The van der Waals surface area contributed by atoms with E-state index < -0.39 is 19.8 Å². The van der Waals surface area contributed by atoms with E-state index in [1.165, 1.54) is 0 Å². The van der Waals surface area contributed by atoms with Gasteiger partial charge in [-0.05, 0) is 0 Å². The Labute approximate surface area is 73.1 Å². The SMILES string of the molecule is CC(O)[N+](C)(C)C(C)O.O=B[O-]. The maximum absolute atomic E-state index is 9.06. The van der Waals surface area contributed by atoms with Crippen LogP contribution in [0.4, 0.5) is 0 Å². The number of hydrogen-bond donors (Lipinski definition) is 2.